The van der Waals surface area contributed by atoms with Crippen LogP contribution in [0.2, 0.25) is 0 Å². The number of rotatable bonds is 4. The Morgan fingerprint density at radius 1 is 1.40 bits per heavy atom. The third-order valence-electron chi connectivity index (χ3n) is 2.83. The van der Waals surface area contributed by atoms with Crippen LogP contribution in [0, 0.1) is 0 Å². The Kier molecular flexibility index (Phi) is 3.71. The molecule has 1 atom stereocenters. The lowest BCUT2D eigenvalue weighted by molar-refractivity contribution is 0.194. The molecule has 1 N–H and O–H groups in total. The van der Waals surface area contributed by atoms with E-state index in [0.717, 1.165) is 11.7 Å². The second-order valence-corrected chi connectivity index (χ2v) is 5.67. The molecule has 2 rings (SSSR count). The largest absolute Gasteiger partial charge is 0.393 e. The highest BCUT2D eigenvalue weighted by Crippen LogP contribution is 2.37. The summed E-state index contributed by atoms with van der Waals surface area (Å²) >= 11 is 1.99. The van der Waals surface area contributed by atoms with Crippen LogP contribution in [0.5, 0.6) is 0 Å². The Labute approximate surface area is 95.9 Å². The van der Waals surface area contributed by atoms with Gasteiger partial charge in [0.2, 0.25) is 0 Å². The van der Waals surface area contributed by atoms with Crippen LogP contribution in [-0.4, -0.2) is 16.5 Å². The van der Waals surface area contributed by atoms with Gasteiger partial charge in [0.15, 0.2) is 0 Å². The van der Waals surface area contributed by atoms with Crippen LogP contribution in [0.3, 0.4) is 0 Å². The molecule has 0 heterocycles. The van der Waals surface area contributed by atoms with Gasteiger partial charge in [-0.05, 0) is 37.8 Å². The van der Waals surface area contributed by atoms with Gasteiger partial charge in [-0.3, -0.25) is 0 Å². The number of hydrogen-bond donors (Lipinski definition) is 1. The lowest BCUT2D eigenvalue weighted by Crippen LogP contribution is -2.13. The second-order valence-electron chi connectivity index (χ2n) is 4.33. The normalized spacial score (nSPS) is 18.5. The summed E-state index contributed by atoms with van der Waals surface area (Å²) in [6.07, 6.45) is 4.63. The molecule has 1 aliphatic rings. The van der Waals surface area contributed by atoms with Crippen molar-refractivity contribution in [1.82, 2.24) is 0 Å². The molecule has 1 aromatic rings. The summed E-state index contributed by atoms with van der Waals surface area (Å²) in [5.74, 6) is 0. The minimum Gasteiger partial charge on any atom is -0.393 e. The summed E-state index contributed by atoms with van der Waals surface area (Å²) in [6, 6.07) is 8.46. The molecule has 0 amide bonds. The van der Waals surface area contributed by atoms with Crippen LogP contribution in [-0.2, 0) is 6.42 Å². The molecule has 15 heavy (non-hydrogen) atoms. The standard InChI is InChI=1S/C13H18OS/c1-10(14)9-11-5-2-3-8-13(11)15-12-6-4-7-12/h2-3,5,8,10,12,14H,4,6-7,9H2,1H3. The average Bonchev–Trinajstić information content (AvgIpc) is 2.13. The minimum atomic E-state index is -0.242. The van der Waals surface area contributed by atoms with Crippen LogP contribution in [0.15, 0.2) is 29.2 Å². The zero-order valence-electron chi connectivity index (χ0n) is 9.15. The molecule has 1 unspecified atom stereocenters. The van der Waals surface area contributed by atoms with Crippen molar-refractivity contribution in [1.29, 1.82) is 0 Å². The highest BCUT2D eigenvalue weighted by Gasteiger charge is 2.19. The fourth-order valence-corrected chi connectivity index (χ4v) is 3.16. The van der Waals surface area contributed by atoms with Crippen molar-refractivity contribution in [2.24, 2.45) is 0 Å². The number of thioether (sulfide) groups is 1. The molecular formula is C13H18OS. The molecule has 1 fully saturated rings. The van der Waals surface area contributed by atoms with E-state index in [-0.39, 0.29) is 6.10 Å². The summed E-state index contributed by atoms with van der Waals surface area (Å²) in [7, 11) is 0. The van der Waals surface area contributed by atoms with Gasteiger partial charge in [-0.2, -0.15) is 0 Å². The molecule has 0 bridgehead atoms. The first-order valence-corrected chi connectivity index (χ1v) is 6.56. The summed E-state index contributed by atoms with van der Waals surface area (Å²) < 4.78 is 0. The number of aliphatic hydroxyl groups is 1. The highest BCUT2D eigenvalue weighted by atomic mass is 32.2. The topological polar surface area (TPSA) is 20.2 Å². The molecule has 2 heteroatoms. The molecule has 1 saturated carbocycles. The van der Waals surface area contributed by atoms with Crippen LogP contribution in [0.4, 0.5) is 0 Å². The predicted molar refractivity (Wildman–Crippen MR) is 65.3 cm³/mol. The Balaban J connectivity index is 2.06. The van der Waals surface area contributed by atoms with E-state index in [4.69, 9.17) is 0 Å². The Morgan fingerprint density at radius 3 is 2.73 bits per heavy atom. The molecule has 1 aliphatic carbocycles. The summed E-state index contributed by atoms with van der Waals surface area (Å²) in [5.41, 5.74) is 1.30. The first-order chi connectivity index (χ1) is 7.25. The third kappa shape index (κ3) is 2.99. The molecule has 0 radical (unpaired) electrons. The maximum absolute atomic E-state index is 9.43. The van der Waals surface area contributed by atoms with Crippen LogP contribution < -0.4 is 0 Å². The van der Waals surface area contributed by atoms with Crippen molar-refractivity contribution >= 4 is 11.8 Å². The van der Waals surface area contributed by atoms with E-state index in [1.165, 1.54) is 29.7 Å². The lowest BCUT2D eigenvalue weighted by atomic mass is 10.00. The second kappa shape index (κ2) is 5.04. The van der Waals surface area contributed by atoms with E-state index < -0.39 is 0 Å². The minimum absolute atomic E-state index is 0.242. The van der Waals surface area contributed by atoms with Gasteiger partial charge in [0, 0.05) is 10.1 Å². The van der Waals surface area contributed by atoms with Crippen LogP contribution in [0.1, 0.15) is 31.7 Å². The number of aliphatic hydroxyl groups excluding tert-OH is 1. The van der Waals surface area contributed by atoms with Crippen LogP contribution >= 0.6 is 11.8 Å². The van der Waals surface area contributed by atoms with Gasteiger partial charge in [0.05, 0.1) is 6.10 Å². The van der Waals surface area contributed by atoms with Gasteiger partial charge < -0.3 is 5.11 Å². The molecule has 82 valence electrons. The smallest absolute Gasteiger partial charge is 0.0552 e. The van der Waals surface area contributed by atoms with Crippen molar-refractivity contribution < 1.29 is 5.11 Å². The monoisotopic (exact) mass is 222 g/mol. The third-order valence-corrected chi connectivity index (χ3v) is 4.29. The van der Waals surface area contributed by atoms with Gasteiger partial charge in [0.25, 0.3) is 0 Å². The van der Waals surface area contributed by atoms with Crippen molar-refractivity contribution in [3.05, 3.63) is 29.8 Å². The maximum atomic E-state index is 9.43. The Bertz CT molecular complexity index is 318. The highest BCUT2D eigenvalue weighted by molar-refractivity contribution is 8.00. The van der Waals surface area contributed by atoms with Gasteiger partial charge in [-0.15, -0.1) is 11.8 Å². The van der Waals surface area contributed by atoms with Crippen LogP contribution in [0.25, 0.3) is 0 Å². The summed E-state index contributed by atoms with van der Waals surface area (Å²) in [6.45, 7) is 1.85. The zero-order chi connectivity index (χ0) is 10.7. The molecule has 0 saturated heterocycles. The first kappa shape index (κ1) is 11.0. The predicted octanol–water partition coefficient (Wildman–Crippen LogP) is 3.25. The average molecular weight is 222 g/mol. The molecular weight excluding hydrogens is 204 g/mol. The van der Waals surface area contributed by atoms with E-state index in [2.05, 4.69) is 24.3 Å². The first-order valence-electron chi connectivity index (χ1n) is 5.68. The molecule has 0 aliphatic heterocycles. The van der Waals surface area contributed by atoms with E-state index in [1.807, 2.05) is 18.7 Å². The fourth-order valence-electron chi connectivity index (χ4n) is 1.77. The lowest BCUT2D eigenvalue weighted by Gasteiger charge is -2.25. The number of benzene rings is 1. The van der Waals surface area contributed by atoms with Gasteiger partial charge in [-0.1, -0.05) is 24.6 Å². The molecule has 1 nitrogen and oxygen atoms in total. The van der Waals surface area contributed by atoms with E-state index >= 15 is 0 Å². The molecule has 0 spiro atoms. The van der Waals surface area contributed by atoms with Crippen molar-refractivity contribution in [2.45, 2.75) is 48.9 Å². The van der Waals surface area contributed by atoms with Crippen molar-refractivity contribution in [3.8, 4) is 0 Å². The molecule has 0 aromatic heterocycles. The van der Waals surface area contributed by atoms with Crippen molar-refractivity contribution in [2.75, 3.05) is 0 Å². The summed E-state index contributed by atoms with van der Waals surface area (Å²) in [5, 5.41) is 10.2. The van der Waals surface area contributed by atoms with E-state index in [9.17, 15) is 5.11 Å². The maximum Gasteiger partial charge on any atom is 0.0552 e. The van der Waals surface area contributed by atoms with E-state index in [0.29, 0.717) is 0 Å². The number of hydrogen-bond acceptors (Lipinski definition) is 2. The SMILES string of the molecule is CC(O)Cc1ccccc1SC1CCC1. The fraction of sp³-hybridized carbons (Fsp3) is 0.538. The van der Waals surface area contributed by atoms with Gasteiger partial charge in [0.1, 0.15) is 0 Å². The summed E-state index contributed by atoms with van der Waals surface area (Å²) in [4.78, 5) is 1.36. The van der Waals surface area contributed by atoms with Gasteiger partial charge in [-0.25, -0.2) is 0 Å². The van der Waals surface area contributed by atoms with E-state index in [1.54, 1.807) is 0 Å². The van der Waals surface area contributed by atoms with Gasteiger partial charge >= 0.3 is 0 Å². The Morgan fingerprint density at radius 2 is 2.13 bits per heavy atom. The zero-order valence-corrected chi connectivity index (χ0v) is 9.96. The van der Waals surface area contributed by atoms with Crippen molar-refractivity contribution in [3.63, 3.8) is 0 Å². The Hall–Kier alpha value is -0.470. The molecule has 1 aromatic carbocycles. The quantitative estimate of drug-likeness (QED) is 0.844.